The average Bonchev–Trinajstić information content (AvgIpc) is 3.37. The molecule has 4 heterocycles. The smallest absolute Gasteiger partial charge is 0.266 e. The number of hydrogen-bond donors (Lipinski definition) is 0. The van der Waals surface area contributed by atoms with Crippen LogP contribution in [0.3, 0.4) is 0 Å². The molecule has 1 aliphatic heterocycles. The van der Waals surface area contributed by atoms with Crippen LogP contribution >= 0.6 is 11.3 Å². The Hall–Kier alpha value is -2.52. The molecule has 0 aromatic carbocycles. The van der Waals surface area contributed by atoms with Crippen LogP contribution in [0.15, 0.2) is 17.1 Å². The van der Waals surface area contributed by atoms with E-state index in [1.54, 1.807) is 13.4 Å². The van der Waals surface area contributed by atoms with E-state index in [-0.39, 0.29) is 5.91 Å². The molecular formula is C18H21N5O3S. The molecule has 0 bridgehead atoms. The van der Waals surface area contributed by atoms with Crippen molar-refractivity contribution in [1.29, 1.82) is 0 Å². The van der Waals surface area contributed by atoms with E-state index in [0.29, 0.717) is 36.8 Å². The molecule has 4 rings (SSSR count). The summed E-state index contributed by atoms with van der Waals surface area (Å²) in [6, 6.07) is 0. The first kappa shape index (κ1) is 17.9. The number of carbonyl (C=O) groups is 1. The van der Waals surface area contributed by atoms with Gasteiger partial charge in [-0.05, 0) is 13.8 Å². The van der Waals surface area contributed by atoms with Gasteiger partial charge in [-0.3, -0.25) is 9.48 Å². The van der Waals surface area contributed by atoms with E-state index in [1.165, 1.54) is 17.7 Å². The van der Waals surface area contributed by atoms with Crippen LogP contribution in [0.5, 0.6) is 0 Å². The lowest BCUT2D eigenvalue weighted by molar-refractivity contribution is 0.0737. The fraction of sp³-hybridized carbons (Fsp3) is 0.444. The maximum absolute atomic E-state index is 13.0. The number of fused-ring (bicyclic) bond motifs is 1. The zero-order chi connectivity index (χ0) is 19.0. The van der Waals surface area contributed by atoms with Gasteiger partial charge in [0.2, 0.25) is 0 Å². The van der Waals surface area contributed by atoms with Crippen molar-refractivity contribution in [2.24, 2.45) is 0 Å². The molecule has 142 valence electrons. The Morgan fingerprint density at radius 1 is 1.41 bits per heavy atom. The summed E-state index contributed by atoms with van der Waals surface area (Å²) in [5.74, 6) is 0.0273. The molecule has 1 amide bonds. The minimum absolute atomic E-state index is 0.0273. The molecular weight excluding hydrogens is 366 g/mol. The maximum atomic E-state index is 13.0. The van der Waals surface area contributed by atoms with Gasteiger partial charge in [0, 0.05) is 31.3 Å². The molecule has 0 radical (unpaired) electrons. The van der Waals surface area contributed by atoms with Crippen molar-refractivity contribution in [3.05, 3.63) is 39.5 Å². The highest BCUT2D eigenvalue weighted by Gasteiger charge is 2.30. The van der Waals surface area contributed by atoms with Gasteiger partial charge in [0.1, 0.15) is 22.5 Å². The van der Waals surface area contributed by atoms with Crippen molar-refractivity contribution >= 4 is 17.2 Å². The Balaban J connectivity index is 1.67. The first-order chi connectivity index (χ1) is 13.1. The Bertz CT molecular complexity index is 960. The Morgan fingerprint density at radius 2 is 2.26 bits per heavy atom. The van der Waals surface area contributed by atoms with E-state index in [9.17, 15) is 4.79 Å². The predicted molar refractivity (Wildman–Crippen MR) is 99.6 cm³/mol. The summed E-state index contributed by atoms with van der Waals surface area (Å²) in [4.78, 5) is 24.3. The standard InChI is InChI=1S/C18H21N5O3S/c1-11-17(27-12(2)20-11)18(24)22-5-4-15-13(8-22)16(14-9-26-10-19-14)21-23(15)6-7-25-3/h9-10H,4-8H2,1-3H3. The lowest BCUT2D eigenvalue weighted by atomic mass is 10.0. The van der Waals surface area contributed by atoms with Crippen LogP contribution in [-0.2, 0) is 24.2 Å². The van der Waals surface area contributed by atoms with Gasteiger partial charge in [0.05, 0.1) is 30.4 Å². The van der Waals surface area contributed by atoms with Crippen LogP contribution in [0, 0.1) is 13.8 Å². The summed E-state index contributed by atoms with van der Waals surface area (Å²) in [6.07, 6.45) is 3.72. The third kappa shape index (κ3) is 3.28. The van der Waals surface area contributed by atoms with Crippen molar-refractivity contribution in [1.82, 2.24) is 24.6 Å². The largest absolute Gasteiger partial charge is 0.451 e. The second kappa shape index (κ2) is 7.24. The van der Waals surface area contributed by atoms with Crippen molar-refractivity contribution in [3.8, 4) is 11.4 Å². The highest BCUT2D eigenvalue weighted by atomic mass is 32.1. The highest BCUT2D eigenvalue weighted by molar-refractivity contribution is 7.13. The molecule has 0 aliphatic carbocycles. The van der Waals surface area contributed by atoms with E-state index in [1.807, 2.05) is 23.4 Å². The first-order valence-corrected chi connectivity index (χ1v) is 9.59. The molecule has 0 N–H and O–H groups in total. The number of aromatic nitrogens is 4. The van der Waals surface area contributed by atoms with Crippen LogP contribution in [0.1, 0.15) is 31.6 Å². The molecule has 0 fully saturated rings. The summed E-state index contributed by atoms with van der Waals surface area (Å²) in [5, 5.41) is 5.63. The van der Waals surface area contributed by atoms with Gasteiger partial charge >= 0.3 is 0 Å². The van der Waals surface area contributed by atoms with Crippen LogP contribution in [0.2, 0.25) is 0 Å². The van der Waals surface area contributed by atoms with Gasteiger partial charge in [-0.1, -0.05) is 0 Å². The number of amides is 1. The normalized spacial score (nSPS) is 13.8. The maximum Gasteiger partial charge on any atom is 0.266 e. The molecule has 9 heteroatoms. The molecule has 3 aromatic rings. The molecule has 27 heavy (non-hydrogen) atoms. The molecule has 0 spiro atoms. The van der Waals surface area contributed by atoms with Crippen LogP contribution in [-0.4, -0.2) is 50.8 Å². The molecule has 0 saturated heterocycles. The first-order valence-electron chi connectivity index (χ1n) is 8.78. The number of ether oxygens (including phenoxy) is 1. The van der Waals surface area contributed by atoms with Crippen molar-refractivity contribution in [2.45, 2.75) is 33.4 Å². The van der Waals surface area contributed by atoms with Gasteiger partial charge in [-0.25, -0.2) is 9.97 Å². The van der Waals surface area contributed by atoms with E-state index < -0.39 is 0 Å². The molecule has 3 aromatic heterocycles. The summed E-state index contributed by atoms with van der Waals surface area (Å²) in [7, 11) is 1.67. The zero-order valence-corrected chi connectivity index (χ0v) is 16.4. The summed E-state index contributed by atoms with van der Waals surface area (Å²) >= 11 is 1.45. The number of nitrogens with zero attached hydrogens (tertiary/aromatic N) is 5. The van der Waals surface area contributed by atoms with E-state index >= 15 is 0 Å². The van der Waals surface area contributed by atoms with Gasteiger partial charge in [-0.15, -0.1) is 11.3 Å². The number of hydrogen-bond acceptors (Lipinski definition) is 7. The van der Waals surface area contributed by atoms with Gasteiger partial charge < -0.3 is 14.1 Å². The van der Waals surface area contributed by atoms with Gasteiger partial charge in [0.25, 0.3) is 5.91 Å². The minimum Gasteiger partial charge on any atom is -0.451 e. The van der Waals surface area contributed by atoms with Crippen LogP contribution < -0.4 is 0 Å². The minimum atomic E-state index is 0.0273. The lowest BCUT2D eigenvalue weighted by Gasteiger charge is -2.27. The number of carbonyl (C=O) groups excluding carboxylic acids is 1. The van der Waals surface area contributed by atoms with Crippen molar-refractivity contribution in [2.75, 3.05) is 20.3 Å². The molecule has 1 aliphatic rings. The van der Waals surface area contributed by atoms with Gasteiger partial charge in [-0.2, -0.15) is 5.10 Å². The monoisotopic (exact) mass is 387 g/mol. The number of rotatable bonds is 5. The number of aryl methyl sites for hydroxylation is 2. The molecule has 0 atom stereocenters. The second-order valence-corrected chi connectivity index (χ2v) is 7.69. The fourth-order valence-electron chi connectivity index (χ4n) is 3.44. The molecule has 0 saturated carbocycles. The summed E-state index contributed by atoms with van der Waals surface area (Å²) < 4.78 is 12.3. The zero-order valence-electron chi connectivity index (χ0n) is 15.6. The highest BCUT2D eigenvalue weighted by Crippen LogP contribution is 2.31. The summed E-state index contributed by atoms with van der Waals surface area (Å²) in [6.45, 7) is 6.20. The van der Waals surface area contributed by atoms with E-state index in [2.05, 4.69) is 9.97 Å². The Kier molecular flexibility index (Phi) is 4.79. The predicted octanol–water partition coefficient (Wildman–Crippen LogP) is 2.46. The van der Waals surface area contributed by atoms with Crippen LogP contribution in [0.25, 0.3) is 11.4 Å². The third-order valence-corrected chi connectivity index (χ3v) is 5.76. The van der Waals surface area contributed by atoms with Crippen molar-refractivity contribution in [3.63, 3.8) is 0 Å². The number of oxazole rings is 1. The third-order valence-electron chi connectivity index (χ3n) is 4.70. The topological polar surface area (TPSA) is 86.3 Å². The second-order valence-electron chi connectivity index (χ2n) is 6.49. The van der Waals surface area contributed by atoms with Gasteiger partial charge in [0.15, 0.2) is 6.39 Å². The lowest BCUT2D eigenvalue weighted by Crippen LogP contribution is -2.36. The SMILES string of the molecule is COCCn1nc(-c2cocn2)c2c1CCN(C(=O)c1sc(C)nc1C)C2. The Morgan fingerprint density at radius 3 is 2.93 bits per heavy atom. The van der Waals surface area contributed by atoms with Crippen LogP contribution in [0.4, 0.5) is 0 Å². The molecule has 0 unspecified atom stereocenters. The summed E-state index contributed by atoms with van der Waals surface area (Å²) in [5.41, 5.74) is 4.40. The number of thiazole rings is 1. The average molecular weight is 387 g/mol. The quantitative estimate of drug-likeness (QED) is 0.668. The number of methoxy groups -OCH3 is 1. The fourth-order valence-corrected chi connectivity index (χ4v) is 4.32. The van der Waals surface area contributed by atoms with E-state index in [0.717, 1.165) is 34.1 Å². The Labute approximate surface area is 160 Å². The van der Waals surface area contributed by atoms with Crippen molar-refractivity contribution < 1.29 is 13.9 Å². The molecule has 8 nitrogen and oxygen atoms in total. The van der Waals surface area contributed by atoms with E-state index in [4.69, 9.17) is 14.3 Å².